The molecule has 0 rings (SSSR count). The minimum Gasteiger partial charge on any atom is -0.134 e. The van der Waals surface area contributed by atoms with Crippen molar-refractivity contribution in [3.63, 3.8) is 0 Å². The molecular formula is C18H39P. The highest BCUT2D eigenvalue weighted by atomic mass is 31.0. The largest absolute Gasteiger partial charge is 0.134 e. The maximum Gasteiger partial charge on any atom is -0.0239 e. The van der Waals surface area contributed by atoms with Gasteiger partial charge in [-0.1, -0.05) is 97.8 Å². The zero-order chi connectivity index (χ0) is 14.3. The van der Waals surface area contributed by atoms with E-state index in [1.54, 1.807) is 0 Å². The van der Waals surface area contributed by atoms with Crippen molar-refractivity contribution in [1.82, 2.24) is 0 Å². The van der Waals surface area contributed by atoms with Crippen molar-refractivity contribution in [2.75, 3.05) is 0 Å². The number of hydrogen-bond donors (Lipinski definition) is 0. The van der Waals surface area contributed by atoms with E-state index in [-0.39, 0.29) is 0 Å². The monoisotopic (exact) mass is 286 g/mol. The molecular weight excluding hydrogens is 247 g/mol. The van der Waals surface area contributed by atoms with E-state index in [1.165, 1.54) is 83.5 Å². The molecule has 116 valence electrons. The van der Waals surface area contributed by atoms with Crippen LogP contribution in [0.4, 0.5) is 0 Å². The summed E-state index contributed by atoms with van der Waals surface area (Å²) in [6.07, 6.45) is 18.7. The summed E-state index contributed by atoms with van der Waals surface area (Å²) < 4.78 is 0. The molecule has 0 aliphatic rings. The molecule has 0 heterocycles. The zero-order valence-corrected chi connectivity index (χ0v) is 15.1. The first-order valence-corrected chi connectivity index (χ1v) is 9.64. The van der Waals surface area contributed by atoms with Crippen LogP contribution in [-0.4, -0.2) is 5.66 Å². The van der Waals surface area contributed by atoms with Crippen molar-refractivity contribution in [2.45, 2.75) is 110 Å². The van der Waals surface area contributed by atoms with Gasteiger partial charge in [0.1, 0.15) is 0 Å². The third-order valence-corrected chi connectivity index (χ3v) is 5.36. The first-order chi connectivity index (χ1) is 9.22. The highest BCUT2D eigenvalue weighted by molar-refractivity contribution is 7.17. The molecule has 1 heteroatoms. The van der Waals surface area contributed by atoms with Crippen molar-refractivity contribution in [3.05, 3.63) is 0 Å². The summed E-state index contributed by atoms with van der Waals surface area (Å²) in [7, 11) is 3.05. The van der Waals surface area contributed by atoms with Gasteiger partial charge in [0.2, 0.25) is 0 Å². The van der Waals surface area contributed by atoms with Gasteiger partial charge >= 0.3 is 0 Å². The molecule has 0 saturated heterocycles. The van der Waals surface area contributed by atoms with Crippen LogP contribution in [0.15, 0.2) is 0 Å². The molecule has 0 aliphatic heterocycles. The predicted molar refractivity (Wildman–Crippen MR) is 94.0 cm³/mol. The van der Waals surface area contributed by atoms with Gasteiger partial charge in [0.05, 0.1) is 0 Å². The topological polar surface area (TPSA) is 0 Å². The Hall–Kier alpha value is 0.430. The second kappa shape index (κ2) is 14.8. The van der Waals surface area contributed by atoms with Crippen LogP contribution in [0.5, 0.6) is 0 Å². The van der Waals surface area contributed by atoms with E-state index >= 15 is 0 Å². The molecule has 0 aromatic heterocycles. The van der Waals surface area contributed by atoms with Gasteiger partial charge in [-0.3, -0.25) is 0 Å². The highest BCUT2D eigenvalue weighted by Crippen LogP contribution is 2.23. The standard InChI is InChI=1S/C18H39P/c1-4-6-7-8-9-10-11-12-13-14-16-17(3)18(19)15-5-2/h17-18H,4-16,19H2,1-3H3. The Bertz CT molecular complexity index is 167. The molecule has 0 spiro atoms. The van der Waals surface area contributed by atoms with Crippen LogP contribution in [-0.2, 0) is 0 Å². The lowest BCUT2D eigenvalue weighted by Gasteiger charge is -2.18. The Labute approximate surface area is 125 Å². The number of unbranched alkanes of at least 4 members (excludes halogenated alkanes) is 9. The van der Waals surface area contributed by atoms with Gasteiger partial charge in [0.25, 0.3) is 0 Å². The van der Waals surface area contributed by atoms with Gasteiger partial charge in [-0.15, -0.1) is 9.24 Å². The van der Waals surface area contributed by atoms with E-state index < -0.39 is 0 Å². The van der Waals surface area contributed by atoms with Gasteiger partial charge in [-0.25, -0.2) is 0 Å². The van der Waals surface area contributed by atoms with Gasteiger partial charge in [-0.05, 0) is 18.0 Å². The lowest BCUT2D eigenvalue weighted by Crippen LogP contribution is -2.10. The molecule has 0 fully saturated rings. The zero-order valence-electron chi connectivity index (χ0n) is 13.9. The van der Waals surface area contributed by atoms with E-state index in [9.17, 15) is 0 Å². The average Bonchev–Trinajstić information content (AvgIpc) is 2.41. The molecule has 0 bridgehead atoms. The molecule has 0 aliphatic carbocycles. The first-order valence-electron chi connectivity index (χ1n) is 8.97. The van der Waals surface area contributed by atoms with E-state index in [0.29, 0.717) is 0 Å². The van der Waals surface area contributed by atoms with Gasteiger partial charge < -0.3 is 0 Å². The molecule has 0 amide bonds. The van der Waals surface area contributed by atoms with Crippen molar-refractivity contribution >= 4 is 9.24 Å². The molecule has 0 nitrogen and oxygen atoms in total. The maximum absolute atomic E-state index is 3.05. The van der Waals surface area contributed by atoms with E-state index in [2.05, 4.69) is 30.0 Å². The lowest BCUT2D eigenvalue weighted by atomic mass is 9.96. The van der Waals surface area contributed by atoms with Crippen LogP contribution in [0.1, 0.15) is 104 Å². The third-order valence-electron chi connectivity index (χ3n) is 4.37. The van der Waals surface area contributed by atoms with E-state index in [0.717, 1.165) is 11.6 Å². The molecule has 0 N–H and O–H groups in total. The minimum atomic E-state index is 0.851. The molecule has 0 aromatic carbocycles. The van der Waals surface area contributed by atoms with Gasteiger partial charge in [-0.2, -0.15) is 0 Å². The van der Waals surface area contributed by atoms with Crippen LogP contribution in [0, 0.1) is 5.92 Å². The summed E-state index contributed by atoms with van der Waals surface area (Å²) in [6, 6.07) is 0. The highest BCUT2D eigenvalue weighted by Gasteiger charge is 2.10. The second-order valence-corrected chi connectivity index (χ2v) is 7.26. The fourth-order valence-corrected chi connectivity index (χ4v) is 3.31. The molecule has 3 atom stereocenters. The van der Waals surface area contributed by atoms with Crippen molar-refractivity contribution in [2.24, 2.45) is 5.92 Å². The fourth-order valence-electron chi connectivity index (χ4n) is 2.79. The third kappa shape index (κ3) is 13.2. The van der Waals surface area contributed by atoms with Crippen LogP contribution in [0.2, 0.25) is 0 Å². The summed E-state index contributed by atoms with van der Waals surface area (Å²) in [5.41, 5.74) is 0.851. The maximum atomic E-state index is 3.05. The minimum absolute atomic E-state index is 0.851. The number of hydrogen-bond acceptors (Lipinski definition) is 0. The van der Waals surface area contributed by atoms with Crippen LogP contribution >= 0.6 is 9.24 Å². The Morgan fingerprint density at radius 2 is 1.11 bits per heavy atom. The molecule has 3 unspecified atom stereocenters. The van der Waals surface area contributed by atoms with Gasteiger partial charge in [0.15, 0.2) is 0 Å². The number of rotatable bonds is 14. The smallest absolute Gasteiger partial charge is 0.0239 e. The average molecular weight is 286 g/mol. The quantitative estimate of drug-likeness (QED) is 0.239. The Balaban J connectivity index is 3.18. The molecule has 0 radical (unpaired) electrons. The van der Waals surface area contributed by atoms with E-state index in [1.807, 2.05) is 0 Å². The Morgan fingerprint density at radius 1 is 0.632 bits per heavy atom. The van der Waals surface area contributed by atoms with Crippen molar-refractivity contribution in [1.29, 1.82) is 0 Å². The molecule has 19 heavy (non-hydrogen) atoms. The Morgan fingerprint density at radius 3 is 1.58 bits per heavy atom. The molecule has 0 saturated carbocycles. The fraction of sp³-hybridized carbons (Fsp3) is 1.00. The van der Waals surface area contributed by atoms with E-state index in [4.69, 9.17) is 0 Å². The normalized spacial score (nSPS) is 14.5. The van der Waals surface area contributed by atoms with Gasteiger partial charge in [0, 0.05) is 0 Å². The summed E-state index contributed by atoms with van der Waals surface area (Å²) in [5.74, 6) is 0.902. The Kier molecular flexibility index (Phi) is 15.2. The van der Waals surface area contributed by atoms with Crippen LogP contribution < -0.4 is 0 Å². The van der Waals surface area contributed by atoms with Crippen molar-refractivity contribution in [3.8, 4) is 0 Å². The lowest BCUT2D eigenvalue weighted by molar-refractivity contribution is 0.451. The summed E-state index contributed by atoms with van der Waals surface area (Å²) in [4.78, 5) is 0. The first kappa shape index (κ1) is 19.4. The predicted octanol–water partition coefficient (Wildman–Crippen LogP) is 6.98. The van der Waals surface area contributed by atoms with Crippen LogP contribution in [0.3, 0.4) is 0 Å². The SMILES string of the molecule is CCCCCCCCCCCCC(C)C(P)CCC. The summed E-state index contributed by atoms with van der Waals surface area (Å²) in [6.45, 7) is 7.02. The molecule has 0 aromatic rings. The van der Waals surface area contributed by atoms with Crippen LogP contribution in [0.25, 0.3) is 0 Å². The van der Waals surface area contributed by atoms with Crippen molar-refractivity contribution < 1.29 is 0 Å². The summed E-state index contributed by atoms with van der Waals surface area (Å²) >= 11 is 0. The second-order valence-electron chi connectivity index (χ2n) is 6.40. The summed E-state index contributed by atoms with van der Waals surface area (Å²) in [5, 5.41) is 0.